The predicted molar refractivity (Wildman–Crippen MR) is 65.4 cm³/mol. The van der Waals surface area contributed by atoms with Crippen molar-refractivity contribution < 1.29 is 9.53 Å². The van der Waals surface area contributed by atoms with Gasteiger partial charge in [-0.3, -0.25) is 0 Å². The number of benzene rings is 1. The first kappa shape index (κ1) is 12.3. The molecule has 16 heavy (non-hydrogen) atoms. The van der Waals surface area contributed by atoms with Gasteiger partial charge in [-0.25, -0.2) is 4.79 Å². The number of esters is 1. The van der Waals surface area contributed by atoms with Crippen LogP contribution in [0.3, 0.4) is 0 Å². The highest BCUT2D eigenvalue weighted by molar-refractivity contribution is 5.79. The summed E-state index contributed by atoms with van der Waals surface area (Å²) in [5.41, 5.74) is 2.05. The molecule has 0 amide bonds. The van der Waals surface area contributed by atoms with E-state index in [9.17, 15) is 4.79 Å². The third-order valence-electron chi connectivity index (χ3n) is 2.21. The van der Waals surface area contributed by atoms with Crippen LogP contribution in [0.15, 0.2) is 36.9 Å². The fourth-order valence-electron chi connectivity index (χ4n) is 1.29. The molecule has 0 saturated heterocycles. The van der Waals surface area contributed by atoms with Crippen LogP contribution in [0.2, 0.25) is 0 Å². The smallest absolute Gasteiger partial charge is 0.328 e. The van der Waals surface area contributed by atoms with Gasteiger partial charge >= 0.3 is 5.97 Å². The fraction of sp³-hybridized carbons (Fsp3) is 0.308. The maximum absolute atomic E-state index is 11.5. The summed E-state index contributed by atoms with van der Waals surface area (Å²) >= 11 is 0. The lowest BCUT2D eigenvalue weighted by Crippen LogP contribution is -2.28. The lowest BCUT2D eigenvalue weighted by atomic mass is 10.2. The second-order valence-corrected chi connectivity index (χ2v) is 3.60. The third kappa shape index (κ3) is 3.42. The van der Waals surface area contributed by atoms with Crippen LogP contribution >= 0.6 is 0 Å². The van der Waals surface area contributed by atoms with Crippen LogP contribution in [0.4, 0.5) is 5.69 Å². The molecule has 0 aliphatic heterocycles. The number of anilines is 1. The first-order chi connectivity index (χ1) is 7.65. The molecule has 0 spiro atoms. The highest BCUT2D eigenvalue weighted by atomic mass is 16.5. The second-order valence-electron chi connectivity index (χ2n) is 3.60. The summed E-state index contributed by atoms with van der Waals surface area (Å²) in [6, 6.07) is 7.45. The molecule has 0 aliphatic carbocycles. The molecule has 0 heterocycles. The normalized spacial score (nSPS) is 11.6. The van der Waals surface area contributed by atoms with Crippen molar-refractivity contribution in [1.82, 2.24) is 0 Å². The van der Waals surface area contributed by atoms with E-state index in [2.05, 4.69) is 11.9 Å². The molecule has 3 nitrogen and oxygen atoms in total. The zero-order valence-corrected chi connectivity index (χ0v) is 9.69. The highest BCUT2D eigenvalue weighted by Gasteiger charge is 2.13. The first-order valence-corrected chi connectivity index (χ1v) is 5.25. The molecular formula is C13H17NO2. The molecule has 86 valence electrons. The van der Waals surface area contributed by atoms with Crippen molar-refractivity contribution in [3.05, 3.63) is 42.5 Å². The molecule has 1 aromatic rings. The number of hydrogen-bond acceptors (Lipinski definition) is 3. The van der Waals surface area contributed by atoms with E-state index in [-0.39, 0.29) is 18.6 Å². The minimum absolute atomic E-state index is 0.249. The van der Waals surface area contributed by atoms with Gasteiger partial charge in [-0.15, -0.1) is 0 Å². The van der Waals surface area contributed by atoms with E-state index in [1.165, 1.54) is 0 Å². The van der Waals surface area contributed by atoms with Gasteiger partial charge in [0.15, 0.2) is 0 Å². The Morgan fingerprint density at radius 3 is 2.88 bits per heavy atom. The highest BCUT2D eigenvalue weighted by Crippen LogP contribution is 2.14. The summed E-state index contributed by atoms with van der Waals surface area (Å²) in [6.45, 7) is 7.51. The van der Waals surface area contributed by atoms with Crippen molar-refractivity contribution in [3.8, 4) is 0 Å². The lowest BCUT2D eigenvalue weighted by molar-refractivity contribution is -0.142. The second kappa shape index (κ2) is 5.95. The molecule has 1 aromatic carbocycles. The van der Waals surface area contributed by atoms with Crippen LogP contribution in [-0.4, -0.2) is 18.6 Å². The largest absolute Gasteiger partial charge is 0.460 e. The number of hydrogen-bond donors (Lipinski definition) is 1. The number of ether oxygens (including phenoxy) is 1. The molecule has 0 saturated carbocycles. The Morgan fingerprint density at radius 1 is 1.56 bits per heavy atom. The van der Waals surface area contributed by atoms with Gasteiger partial charge < -0.3 is 10.1 Å². The third-order valence-corrected chi connectivity index (χ3v) is 2.21. The molecule has 1 N–H and O–H groups in total. The van der Waals surface area contributed by atoms with Crippen molar-refractivity contribution in [2.24, 2.45) is 0 Å². The van der Waals surface area contributed by atoms with E-state index in [4.69, 9.17) is 4.74 Å². The molecule has 0 fully saturated rings. The van der Waals surface area contributed by atoms with E-state index in [0.717, 1.165) is 11.3 Å². The minimum Gasteiger partial charge on any atom is -0.460 e. The van der Waals surface area contributed by atoms with Crippen LogP contribution in [0, 0.1) is 6.92 Å². The summed E-state index contributed by atoms with van der Waals surface area (Å²) < 4.78 is 4.95. The summed E-state index contributed by atoms with van der Waals surface area (Å²) in [7, 11) is 0. The molecule has 3 heteroatoms. The van der Waals surface area contributed by atoms with Gasteiger partial charge in [-0.2, -0.15) is 0 Å². The number of rotatable bonds is 5. The van der Waals surface area contributed by atoms with Crippen LogP contribution in [0.25, 0.3) is 0 Å². The SMILES string of the molecule is C=CCOC(=O)[C@H](C)Nc1ccccc1C. The predicted octanol–water partition coefficient (Wildman–Crippen LogP) is 2.52. The fourth-order valence-corrected chi connectivity index (χ4v) is 1.29. The standard InChI is InChI=1S/C13H17NO2/c1-4-9-16-13(15)11(3)14-12-8-6-5-7-10(12)2/h4-8,11,14H,1,9H2,2-3H3/t11-/m0/s1. The van der Waals surface area contributed by atoms with Crippen molar-refractivity contribution in [1.29, 1.82) is 0 Å². The van der Waals surface area contributed by atoms with E-state index >= 15 is 0 Å². The average Bonchev–Trinajstić information content (AvgIpc) is 2.28. The minimum atomic E-state index is -0.360. The Hall–Kier alpha value is -1.77. The zero-order chi connectivity index (χ0) is 12.0. The number of carbonyl (C=O) groups excluding carboxylic acids is 1. The molecule has 0 aliphatic rings. The summed E-state index contributed by atoms with van der Waals surface area (Å²) in [5.74, 6) is -0.275. The Kier molecular flexibility index (Phi) is 4.58. The van der Waals surface area contributed by atoms with Crippen LogP contribution in [0.1, 0.15) is 12.5 Å². The van der Waals surface area contributed by atoms with Gasteiger partial charge in [0.05, 0.1) is 0 Å². The number of nitrogens with one attached hydrogen (secondary N) is 1. The van der Waals surface area contributed by atoms with E-state index in [1.807, 2.05) is 31.2 Å². The Labute approximate surface area is 96.1 Å². The summed E-state index contributed by atoms with van der Waals surface area (Å²) in [6.07, 6.45) is 1.55. The number of para-hydroxylation sites is 1. The average molecular weight is 219 g/mol. The first-order valence-electron chi connectivity index (χ1n) is 5.25. The molecule has 1 rings (SSSR count). The van der Waals surface area contributed by atoms with Gasteiger partial charge in [-0.05, 0) is 25.5 Å². The quantitative estimate of drug-likeness (QED) is 0.611. The van der Waals surface area contributed by atoms with E-state index < -0.39 is 0 Å². The Morgan fingerprint density at radius 2 is 2.25 bits per heavy atom. The van der Waals surface area contributed by atoms with Crippen LogP contribution < -0.4 is 5.32 Å². The topological polar surface area (TPSA) is 38.3 Å². The molecule has 1 atom stereocenters. The van der Waals surface area contributed by atoms with Gasteiger partial charge in [-0.1, -0.05) is 30.9 Å². The van der Waals surface area contributed by atoms with Crippen LogP contribution in [-0.2, 0) is 9.53 Å². The van der Waals surface area contributed by atoms with E-state index in [1.54, 1.807) is 13.0 Å². The number of carbonyl (C=O) groups is 1. The Bertz CT molecular complexity index is 374. The number of aryl methyl sites for hydroxylation is 1. The van der Waals surface area contributed by atoms with Crippen molar-refractivity contribution in [3.63, 3.8) is 0 Å². The van der Waals surface area contributed by atoms with Crippen LogP contribution in [0.5, 0.6) is 0 Å². The van der Waals surface area contributed by atoms with Gasteiger partial charge in [0.1, 0.15) is 12.6 Å². The molecule has 0 unspecified atom stereocenters. The summed E-state index contributed by atoms with van der Waals surface area (Å²) in [5, 5.41) is 3.11. The molecular weight excluding hydrogens is 202 g/mol. The van der Waals surface area contributed by atoms with Gasteiger partial charge in [0, 0.05) is 5.69 Å². The maximum atomic E-state index is 11.5. The lowest BCUT2D eigenvalue weighted by Gasteiger charge is -2.15. The van der Waals surface area contributed by atoms with Crippen molar-refractivity contribution in [2.45, 2.75) is 19.9 Å². The monoisotopic (exact) mass is 219 g/mol. The molecule has 0 bridgehead atoms. The molecule has 0 aromatic heterocycles. The van der Waals surface area contributed by atoms with Gasteiger partial charge in [0.2, 0.25) is 0 Å². The van der Waals surface area contributed by atoms with Crippen molar-refractivity contribution in [2.75, 3.05) is 11.9 Å². The zero-order valence-electron chi connectivity index (χ0n) is 9.69. The van der Waals surface area contributed by atoms with Crippen molar-refractivity contribution >= 4 is 11.7 Å². The summed E-state index contributed by atoms with van der Waals surface area (Å²) in [4.78, 5) is 11.5. The Balaban J connectivity index is 2.57. The van der Waals surface area contributed by atoms with E-state index in [0.29, 0.717) is 0 Å². The maximum Gasteiger partial charge on any atom is 0.328 e. The van der Waals surface area contributed by atoms with Gasteiger partial charge in [0.25, 0.3) is 0 Å². The molecule has 0 radical (unpaired) electrons.